The van der Waals surface area contributed by atoms with Crippen molar-refractivity contribution in [2.75, 3.05) is 13.7 Å². The van der Waals surface area contributed by atoms with E-state index in [2.05, 4.69) is 6.58 Å². The fourth-order valence-electron chi connectivity index (χ4n) is 5.31. The predicted octanol–water partition coefficient (Wildman–Crippen LogP) is 4.33. The maximum atomic E-state index is 14.7. The largest absolute Gasteiger partial charge is 0.458 e. The van der Waals surface area contributed by atoms with Crippen molar-refractivity contribution >= 4 is 5.97 Å². The number of methoxy groups -OCH3 is 1. The lowest BCUT2D eigenvalue weighted by molar-refractivity contribution is -0.167. The number of halogens is 1. The highest BCUT2D eigenvalue weighted by molar-refractivity contribution is 5.89. The van der Waals surface area contributed by atoms with Gasteiger partial charge in [0, 0.05) is 24.4 Å². The molecule has 2 saturated carbocycles. The molecule has 0 heterocycles. The van der Waals surface area contributed by atoms with Crippen molar-refractivity contribution in [3.05, 3.63) is 48.0 Å². The average molecular weight is 390 g/mol. The summed E-state index contributed by atoms with van der Waals surface area (Å²) in [7, 11) is 1.61. The Bertz CT molecular complexity index is 711. The normalized spacial score (nSPS) is 33.2. The van der Waals surface area contributed by atoms with Crippen LogP contribution >= 0.6 is 0 Å². The molecule has 3 rings (SSSR count). The molecule has 5 heteroatoms. The number of aliphatic hydroxyl groups excluding tert-OH is 1. The van der Waals surface area contributed by atoms with Gasteiger partial charge in [0.2, 0.25) is 0 Å². The predicted molar refractivity (Wildman–Crippen MR) is 106 cm³/mol. The second-order valence-electron chi connectivity index (χ2n) is 8.80. The van der Waals surface area contributed by atoms with Crippen LogP contribution in [0.1, 0.15) is 49.9 Å². The van der Waals surface area contributed by atoms with Gasteiger partial charge >= 0.3 is 5.97 Å². The van der Waals surface area contributed by atoms with Gasteiger partial charge in [-0.15, -0.1) is 0 Å². The van der Waals surface area contributed by atoms with Crippen LogP contribution in [0.15, 0.2) is 42.5 Å². The average Bonchev–Trinajstić information content (AvgIpc) is 2.64. The lowest BCUT2D eigenvalue weighted by atomic mass is 9.52. The number of alkyl halides is 1. The van der Waals surface area contributed by atoms with Crippen LogP contribution in [-0.4, -0.2) is 42.7 Å². The molecule has 2 aliphatic rings. The van der Waals surface area contributed by atoms with E-state index in [0.717, 1.165) is 5.57 Å². The Kier molecular flexibility index (Phi) is 5.97. The van der Waals surface area contributed by atoms with Crippen molar-refractivity contribution in [1.29, 1.82) is 0 Å². The highest BCUT2D eigenvalue weighted by Gasteiger charge is 2.59. The number of aliphatic hydroxyl groups is 1. The fraction of sp³-hybridized carbons (Fsp3) is 0.609. The van der Waals surface area contributed by atoms with Crippen molar-refractivity contribution in [1.82, 2.24) is 0 Å². The Labute approximate surface area is 166 Å². The second kappa shape index (κ2) is 7.96. The molecule has 2 aliphatic carbocycles. The number of carbonyl (C=O) groups excluding carboxylic acids is 1. The number of fused-ring (bicyclic) bond motifs is 1. The van der Waals surface area contributed by atoms with Gasteiger partial charge in [0.15, 0.2) is 0 Å². The van der Waals surface area contributed by atoms with E-state index in [-0.39, 0.29) is 11.9 Å². The van der Waals surface area contributed by atoms with Gasteiger partial charge in [0.1, 0.15) is 11.8 Å². The molecule has 0 aliphatic heterocycles. The molecular weight excluding hydrogens is 359 g/mol. The zero-order valence-corrected chi connectivity index (χ0v) is 17.0. The van der Waals surface area contributed by atoms with Crippen molar-refractivity contribution in [2.24, 2.45) is 17.3 Å². The van der Waals surface area contributed by atoms with Crippen LogP contribution in [0, 0.1) is 17.3 Å². The molecule has 1 N–H and O–H groups in total. The first-order valence-corrected chi connectivity index (χ1v) is 10.0. The summed E-state index contributed by atoms with van der Waals surface area (Å²) in [6.45, 7) is 7.55. The van der Waals surface area contributed by atoms with Crippen LogP contribution in [0.25, 0.3) is 0 Å². The molecule has 0 amide bonds. The Morgan fingerprint density at radius 3 is 2.61 bits per heavy atom. The molecular formula is C23H31FO4. The summed E-state index contributed by atoms with van der Waals surface area (Å²) in [5, 5.41) is 11.1. The quantitative estimate of drug-likeness (QED) is 0.601. The molecule has 0 aromatic heterocycles. The smallest absolute Gasteiger partial charge is 0.338 e. The van der Waals surface area contributed by atoms with E-state index in [1.807, 2.05) is 6.07 Å². The summed E-state index contributed by atoms with van der Waals surface area (Å²) in [6, 6.07) is 8.89. The fourth-order valence-corrected chi connectivity index (χ4v) is 5.31. The second-order valence-corrected chi connectivity index (χ2v) is 8.80. The highest BCUT2D eigenvalue weighted by atomic mass is 19.1. The minimum Gasteiger partial charge on any atom is -0.458 e. The molecule has 0 saturated heterocycles. The Morgan fingerprint density at radius 1 is 1.32 bits per heavy atom. The third kappa shape index (κ3) is 3.74. The standard InChI is InChI=1S/C23H31FO4/c1-15-10-11-18(28-21(26)16-8-6-5-7-9-16)23(14-27-4)13-12-17(22(2,3)24)20(25)19(15)23/h5-9,17-20,25H,1,10-14H2,2-4H3/t17-,18-,19-,20-,23-/m1/s1. The SMILES string of the molecule is C=C1CC[C@@H](OC(=O)c2ccccc2)[C@]2(COC)CC[C@@H](C(C)(C)F)[C@@H](O)[C@@H]12. The maximum absolute atomic E-state index is 14.7. The molecule has 4 nitrogen and oxygen atoms in total. The molecule has 154 valence electrons. The van der Waals surface area contributed by atoms with Crippen LogP contribution in [-0.2, 0) is 9.47 Å². The minimum absolute atomic E-state index is 0.333. The summed E-state index contributed by atoms with van der Waals surface area (Å²) < 4.78 is 26.2. The molecule has 0 unspecified atom stereocenters. The number of hydrogen-bond acceptors (Lipinski definition) is 4. The van der Waals surface area contributed by atoms with Gasteiger partial charge in [-0.2, -0.15) is 0 Å². The number of benzene rings is 1. The van der Waals surface area contributed by atoms with Crippen LogP contribution in [0.3, 0.4) is 0 Å². The summed E-state index contributed by atoms with van der Waals surface area (Å²) >= 11 is 0. The monoisotopic (exact) mass is 390 g/mol. The molecule has 2 fully saturated rings. The van der Waals surface area contributed by atoms with E-state index in [9.17, 15) is 14.3 Å². The molecule has 0 bridgehead atoms. The van der Waals surface area contributed by atoms with E-state index in [4.69, 9.17) is 9.47 Å². The Morgan fingerprint density at radius 2 is 2.00 bits per heavy atom. The molecule has 0 radical (unpaired) electrons. The third-order valence-corrected chi connectivity index (χ3v) is 6.66. The van der Waals surface area contributed by atoms with Gasteiger partial charge in [0.05, 0.1) is 18.3 Å². The minimum atomic E-state index is -1.49. The number of rotatable bonds is 5. The highest BCUT2D eigenvalue weighted by Crippen LogP contribution is 2.56. The number of carbonyl (C=O) groups is 1. The van der Waals surface area contributed by atoms with E-state index in [0.29, 0.717) is 37.9 Å². The third-order valence-electron chi connectivity index (χ3n) is 6.66. The molecule has 5 atom stereocenters. The maximum Gasteiger partial charge on any atom is 0.338 e. The summed E-state index contributed by atoms with van der Waals surface area (Å²) in [6.07, 6.45) is 1.11. The van der Waals surface area contributed by atoms with Gasteiger partial charge in [-0.1, -0.05) is 30.4 Å². The molecule has 0 spiro atoms. The first kappa shape index (κ1) is 21.0. The number of hydrogen-bond donors (Lipinski definition) is 1. The van der Waals surface area contributed by atoms with Crippen LogP contribution in [0.2, 0.25) is 0 Å². The van der Waals surface area contributed by atoms with E-state index < -0.39 is 29.2 Å². The van der Waals surface area contributed by atoms with Gasteiger partial charge in [0.25, 0.3) is 0 Å². The van der Waals surface area contributed by atoms with Crippen LogP contribution < -0.4 is 0 Å². The van der Waals surface area contributed by atoms with Gasteiger partial charge < -0.3 is 14.6 Å². The van der Waals surface area contributed by atoms with Gasteiger partial charge in [-0.3, -0.25) is 0 Å². The van der Waals surface area contributed by atoms with Crippen molar-refractivity contribution in [3.8, 4) is 0 Å². The van der Waals surface area contributed by atoms with Crippen LogP contribution in [0.5, 0.6) is 0 Å². The topological polar surface area (TPSA) is 55.8 Å². The number of ether oxygens (including phenoxy) is 2. The molecule has 1 aromatic carbocycles. The first-order chi connectivity index (χ1) is 13.2. The lowest BCUT2D eigenvalue weighted by Gasteiger charge is -2.56. The zero-order valence-electron chi connectivity index (χ0n) is 17.0. The summed E-state index contributed by atoms with van der Waals surface area (Å²) in [4.78, 5) is 12.7. The van der Waals surface area contributed by atoms with E-state index in [1.54, 1.807) is 31.4 Å². The molecule has 1 aromatic rings. The van der Waals surface area contributed by atoms with E-state index in [1.165, 1.54) is 13.8 Å². The van der Waals surface area contributed by atoms with Crippen molar-refractivity contribution in [2.45, 2.75) is 57.4 Å². The van der Waals surface area contributed by atoms with E-state index >= 15 is 0 Å². The number of esters is 1. The van der Waals surface area contributed by atoms with Gasteiger partial charge in [-0.05, 0) is 51.7 Å². The lowest BCUT2D eigenvalue weighted by Crippen LogP contribution is -2.60. The van der Waals surface area contributed by atoms with Gasteiger partial charge in [-0.25, -0.2) is 9.18 Å². The first-order valence-electron chi connectivity index (χ1n) is 10.0. The van der Waals surface area contributed by atoms with Crippen molar-refractivity contribution < 1.29 is 23.8 Å². The zero-order chi connectivity index (χ0) is 20.5. The molecule has 28 heavy (non-hydrogen) atoms. The summed E-state index contributed by atoms with van der Waals surface area (Å²) in [5.41, 5.74) is -0.692. The summed E-state index contributed by atoms with van der Waals surface area (Å²) in [5.74, 6) is -1.22. The Hall–Kier alpha value is -1.72. The van der Waals surface area contributed by atoms with Crippen LogP contribution in [0.4, 0.5) is 4.39 Å². The van der Waals surface area contributed by atoms with Crippen molar-refractivity contribution in [3.63, 3.8) is 0 Å². The Balaban J connectivity index is 1.92.